The van der Waals surface area contributed by atoms with E-state index >= 15 is 0 Å². The second-order valence-corrected chi connectivity index (χ2v) is 4.43. The van der Waals surface area contributed by atoms with Crippen LogP contribution >= 0.6 is 39.1 Å². The first-order valence-electron chi connectivity index (χ1n) is 3.72. The van der Waals surface area contributed by atoms with Gasteiger partial charge in [0.05, 0.1) is 10.0 Å². The number of rotatable bonds is 0. The maximum atomic E-state index is 6.03. The van der Waals surface area contributed by atoms with E-state index in [1.807, 2.05) is 24.3 Å². The predicted molar refractivity (Wildman–Crippen MR) is 61.7 cm³/mol. The van der Waals surface area contributed by atoms with Crippen LogP contribution in [-0.2, 0) is 0 Å². The van der Waals surface area contributed by atoms with Crippen molar-refractivity contribution in [3.8, 4) is 0 Å². The average molecular weight is 276 g/mol. The highest BCUT2D eigenvalue weighted by molar-refractivity contribution is 9.10. The van der Waals surface area contributed by atoms with Crippen LogP contribution in [0.15, 0.2) is 34.8 Å². The highest BCUT2D eigenvalue weighted by atomic mass is 79.9. The molecule has 0 fully saturated rings. The lowest BCUT2D eigenvalue weighted by Crippen LogP contribution is -1.75. The average Bonchev–Trinajstić information content (AvgIpc) is 2.12. The van der Waals surface area contributed by atoms with Crippen LogP contribution in [0.1, 0.15) is 0 Å². The maximum absolute atomic E-state index is 6.03. The molecule has 0 amide bonds. The van der Waals surface area contributed by atoms with Gasteiger partial charge < -0.3 is 0 Å². The Bertz CT molecular complexity index is 466. The molecule has 0 spiro atoms. The molecule has 0 saturated heterocycles. The standard InChI is InChI=1S/C10H5BrCl2/c11-7-2-3-8-6(5-7)1-4-9(12)10(8)13/h1-5H. The molecule has 2 rings (SSSR count). The van der Waals surface area contributed by atoms with E-state index in [9.17, 15) is 0 Å². The van der Waals surface area contributed by atoms with Crippen molar-refractivity contribution in [1.82, 2.24) is 0 Å². The summed E-state index contributed by atoms with van der Waals surface area (Å²) in [5, 5.41) is 3.28. The lowest BCUT2D eigenvalue weighted by molar-refractivity contribution is 1.70. The third-order valence-electron chi connectivity index (χ3n) is 1.87. The van der Waals surface area contributed by atoms with Crippen LogP contribution in [-0.4, -0.2) is 0 Å². The summed E-state index contributed by atoms with van der Waals surface area (Å²) in [6, 6.07) is 9.67. The molecule has 0 radical (unpaired) electrons. The van der Waals surface area contributed by atoms with E-state index in [0.29, 0.717) is 10.0 Å². The quantitative estimate of drug-likeness (QED) is 0.641. The van der Waals surface area contributed by atoms with Crippen molar-refractivity contribution in [1.29, 1.82) is 0 Å². The minimum Gasteiger partial charge on any atom is -0.0827 e. The monoisotopic (exact) mass is 274 g/mol. The SMILES string of the molecule is Clc1ccc2cc(Br)ccc2c1Cl. The lowest BCUT2D eigenvalue weighted by atomic mass is 10.1. The normalized spacial score (nSPS) is 10.7. The largest absolute Gasteiger partial charge is 0.0827 e. The molecular formula is C10H5BrCl2. The molecule has 0 aliphatic rings. The molecule has 0 N–H and O–H groups in total. The molecule has 0 unspecified atom stereocenters. The van der Waals surface area contributed by atoms with Crippen molar-refractivity contribution < 1.29 is 0 Å². The number of benzene rings is 2. The highest BCUT2D eigenvalue weighted by Crippen LogP contribution is 2.31. The Morgan fingerprint density at radius 3 is 2.54 bits per heavy atom. The Kier molecular flexibility index (Phi) is 2.50. The third-order valence-corrected chi connectivity index (χ3v) is 3.18. The predicted octanol–water partition coefficient (Wildman–Crippen LogP) is 4.91. The summed E-state index contributed by atoms with van der Waals surface area (Å²) in [6.45, 7) is 0. The van der Waals surface area contributed by atoms with Crippen LogP contribution in [0, 0.1) is 0 Å². The van der Waals surface area contributed by atoms with Gasteiger partial charge in [-0.3, -0.25) is 0 Å². The van der Waals surface area contributed by atoms with Crippen molar-refractivity contribution in [2.45, 2.75) is 0 Å². The summed E-state index contributed by atoms with van der Waals surface area (Å²) < 4.78 is 1.04. The molecule has 2 aromatic carbocycles. The van der Waals surface area contributed by atoms with Crippen molar-refractivity contribution in [3.63, 3.8) is 0 Å². The molecule has 3 heteroatoms. The van der Waals surface area contributed by atoms with Gasteiger partial charge in [0, 0.05) is 9.86 Å². The van der Waals surface area contributed by atoms with E-state index in [1.165, 1.54) is 0 Å². The highest BCUT2D eigenvalue weighted by Gasteiger charge is 2.02. The van der Waals surface area contributed by atoms with E-state index in [0.717, 1.165) is 15.2 Å². The van der Waals surface area contributed by atoms with Gasteiger partial charge in [0.15, 0.2) is 0 Å². The first kappa shape index (κ1) is 9.32. The van der Waals surface area contributed by atoms with Crippen LogP contribution in [0.5, 0.6) is 0 Å². The van der Waals surface area contributed by atoms with Gasteiger partial charge in [-0.15, -0.1) is 0 Å². The zero-order chi connectivity index (χ0) is 9.42. The summed E-state index contributed by atoms with van der Waals surface area (Å²) in [4.78, 5) is 0. The van der Waals surface area contributed by atoms with Crippen molar-refractivity contribution >= 4 is 49.9 Å². The Morgan fingerprint density at radius 1 is 1.00 bits per heavy atom. The summed E-state index contributed by atoms with van der Waals surface area (Å²) in [6.07, 6.45) is 0. The van der Waals surface area contributed by atoms with E-state index in [-0.39, 0.29) is 0 Å². The first-order valence-corrected chi connectivity index (χ1v) is 5.26. The zero-order valence-electron chi connectivity index (χ0n) is 6.52. The first-order chi connectivity index (χ1) is 6.18. The fourth-order valence-corrected chi connectivity index (χ4v) is 2.01. The lowest BCUT2D eigenvalue weighted by Gasteiger charge is -2.02. The molecule has 0 aliphatic heterocycles. The van der Waals surface area contributed by atoms with Gasteiger partial charge in [0.1, 0.15) is 0 Å². The summed E-state index contributed by atoms with van der Waals surface area (Å²) in [5.41, 5.74) is 0. The molecule has 0 atom stereocenters. The van der Waals surface area contributed by atoms with Crippen LogP contribution in [0.25, 0.3) is 10.8 Å². The van der Waals surface area contributed by atoms with Gasteiger partial charge in [-0.25, -0.2) is 0 Å². The van der Waals surface area contributed by atoms with E-state index in [2.05, 4.69) is 15.9 Å². The van der Waals surface area contributed by atoms with Gasteiger partial charge in [0.25, 0.3) is 0 Å². The van der Waals surface area contributed by atoms with Crippen LogP contribution in [0.4, 0.5) is 0 Å². The van der Waals surface area contributed by atoms with E-state index in [1.54, 1.807) is 6.07 Å². The van der Waals surface area contributed by atoms with Crippen molar-refractivity contribution in [2.75, 3.05) is 0 Å². The summed E-state index contributed by atoms with van der Waals surface area (Å²) in [5.74, 6) is 0. The fraction of sp³-hybridized carbons (Fsp3) is 0. The Balaban J connectivity index is 2.87. The molecule has 13 heavy (non-hydrogen) atoms. The van der Waals surface area contributed by atoms with Gasteiger partial charge in [0.2, 0.25) is 0 Å². The number of hydrogen-bond donors (Lipinski definition) is 0. The Morgan fingerprint density at radius 2 is 1.77 bits per heavy atom. The van der Waals surface area contributed by atoms with Crippen LogP contribution in [0.2, 0.25) is 10.0 Å². The third kappa shape index (κ3) is 1.69. The molecule has 0 saturated carbocycles. The van der Waals surface area contributed by atoms with E-state index < -0.39 is 0 Å². The molecule has 0 nitrogen and oxygen atoms in total. The topological polar surface area (TPSA) is 0 Å². The van der Waals surface area contributed by atoms with Crippen LogP contribution < -0.4 is 0 Å². The second-order valence-electron chi connectivity index (χ2n) is 2.73. The minimum atomic E-state index is 0.594. The fourth-order valence-electron chi connectivity index (χ4n) is 1.24. The van der Waals surface area contributed by atoms with Crippen molar-refractivity contribution in [3.05, 3.63) is 44.8 Å². The maximum Gasteiger partial charge on any atom is 0.0670 e. The Labute approximate surface area is 94.6 Å². The van der Waals surface area contributed by atoms with Crippen LogP contribution in [0.3, 0.4) is 0 Å². The molecule has 0 bridgehead atoms. The Hall–Kier alpha value is -0.240. The number of hydrogen-bond acceptors (Lipinski definition) is 0. The molecule has 2 aromatic rings. The summed E-state index contributed by atoms with van der Waals surface area (Å²) >= 11 is 15.3. The van der Waals surface area contributed by atoms with Gasteiger partial charge in [-0.2, -0.15) is 0 Å². The molecule has 0 aromatic heterocycles. The minimum absolute atomic E-state index is 0.594. The molecule has 66 valence electrons. The summed E-state index contributed by atoms with van der Waals surface area (Å²) in [7, 11) is 0. The second kappa shape index (κ2) is 3.49. The number of fused-ring (bicyclic) bond motifs is 1. The van der Waals surface area contributed by atoms with Gasteiger partial charge >= 0.3 is 0 Å². The van der Waals surface area contributed by atoms with Gasteiger partial charge in [-0.05, 0) is 23.6 Å². The number of halogens is 3. The molecular weight excluding hydrogens is 271 g/mol. The molecule has 0 heterocycles. The van der Waals surface area contributed by atoms with Gasteiger partial charge in [-0.1, -0.05) is 51.3 Å². The zero-order valence-corrected chi connectivity index (χ0v) is 9.62. The molecule has 0 aliphatic carbocycles. The smallest absolute Gasteiger partial charge is 0.0670 e. The van der Waals surface area contributed by atoms with Crippen molar-refractivity contribution in [2.24, 2.45) is 0 Å². The van der Waals surface area contributed by atoms with E-state index in [4.69, 9.17) is 23.2 Å².